The smallest absolute Gasteiger partial charge is 0.273 e. The molecule has 2 aromatic heterocycles. The number of ether oxygens (including phenoxy) is 1. The highest BCUT2D eigenvalue weighted by atomic mass is 35.5. The van der Waals surface area contributed by atoms with Crippen molar-refractivity contribution in [3.63, 3.8) is 0 Å². The van der Waals surface area contributed by atoms with E-state index in [0.29, 0.717) is 27.7 Å². The van der Waals surface area contributed by atoms with Gasteiger partial charge in [0.05, 0.1) is 17.8 Å². The van der Waals surface area contributed by atoms with Gasteiger partial charge < -0.3 is 19.0 Å². The van der Waals surface area contributed by atoms with Crippen LogP contribution in [0, 0.1) is 0 Å². The second-order valence-electron chi connectivity index (χ2n) is 6.84. The van der Waals surface area contributed by atoms with Gasteiger partial charge in [-0.3, -0.25) is 4.79 Å². The molecule has 1 N–H and O–H groups in total. The second kappa shape index (κ2) is 6.57. The maximum Gasteiger partial charge on any atom is 0.273 e. The minimum Gasteiger partial charge on any atom is -0.495 e. The van der Waals surface area contributed by atoms with Crippen LogP contribution in [0.1, 0.15) is 10.5 Å². The lowest BCUT2D eigenvalue weighted by Gasteiger charge is -2.11. The number of methoxy groups -OCH3 is 1. The first kappa shape index (κ1) is 17.6. The number of nitrogens with one attached hydrogen (secondary N) is 1. The highest BCUT2D eigenvalue weighted by Crippen LogP contribution is 2.37. The number of carbonyl (C=O) groups is 1. The number of aryl methyl sites for hydroxylation is 1. The van der Waals surface area contributed by atoms with Gasteiger partial charge in [0.2, 0.25) is 0 Å². The molecule has 3 aromatic carbocycles. The number of halogens is 1. The van der Waals surface area contributed by atoms with E-state index in [1.54, 1.807) is 17.7 Å². The van der Waals surface area contributed by atoms with E-state index < -0.39 is 0 Å². The Labute approximate surface area is 171 Å². The summed E-state index contributed by atoms with van der Waals surface area (Å²) >= 11 is 6.51. The van der Waals surface area contributed by atoms with Crippen molar-refractivity contribution in [3.8, 4) is 5.75 Å². The SMILES string of the molecule is COc1cc2c(cc1NC(=O)c1c(Cl)c3ccccc3n1C)oc1ccccc12. The Morgan fingerprint density at radius 1 is 1.00 bits per heavy atom. The Morgan fingerprint density at radius 3 is 2.48 bits per heavy atom. The van der Waals surface area contributed by atoms with Crippen LogP contribution in [-0.2, 0) is 7.05 Å². The van der Waals surface area contributed by atoms with Gasteiger partial charge in [0.25, 0.3) is 5.91 Å². The van der Waals surface area contributed by atoms with E-state index in [4.69, 9.17) is 20.8 Å². The van der Waals surface area contributed by atoms with Crippen LogP contribution < -0.4 is 10.1 Å². The average Bonchev–Trinajstić information content (AvgIpc) is 3.22. The number of hydrogen-bond acceptors (Lipinski definition) is 3. The van der Waals surface area contributed by atoms with Crippen LogP contribution in [0.2, 0.25) is 5.02 Å². The van der Waals surface area contributed by atoms with Crippen LogP contribution in [0.4, 0.5) is 5.69 Å². The van der Waals surface area contributed by atoms with Crippen LogP contribution in [0.5, 0.6) is 5.75 Å². The third-order valence-electron chi connectivity index (χ3n) is 5.21. The molecule has 0 bridgehead atoms. The zero-order chi connectivity index (χ0) is 20.1. The van der Waals surface area contributed by atoms with Crippen molar-refractivity contribution in [2.24, 2.45) is 7.05 Å². The summed E-state index contributed by atoms with van der Waals surface area (Å²) in [6.45, 7) is 0. The summed E-state index contributed by atoms with van der Waals surface area (Å²) in [4.78, 5) is 13.1. The summed E-state index contributed by atoms with van der Waals surface area (Å²) in [7, 11) is 3.39. The minimum atomic E-state index is -0.317. The zero-order valence-corrected chi connectivity index (χ0v) is 16.6. The molecule has 2 heterocycles. The standard InChI is InChI=1S/C23H17ClN2O3/c1-26-17-9-5-3-8-14(17)21(24)22(26)23(27)25-16-12-19-15(11-20(16)28-2)13-7-4-6-10-18(13)29-19/h3-12H,1-2H3,(H,25,27). The fourth-order valence-electron chi connectivity index (χ4n) is 3.80. The number of furan rings is 1. The van der Waals surface area contributed by atoms with Gasteiger partial charge in [0.1, 0.15) is 22.6 Å². The van der Waals surface area contributed by atoms with Crippen molar-refractivity contribution in [1.82, 2.24) is 4.57 Å². The number of benzene rings is 3. The monoisotopic (exact) mass is 404 g/mol. The van der Waals surface area contributed by atoms with Crippen LogP contribution >= 0.6 is 11.6 Å². The Morgan fingerprint density at radius 2 is 1.72 bits per heavy atom. The summed E-state index contributed by atoms with van der Waals surface area (Å²) < 4.78 is 13.3. The Bertz CT molecular complexity index is 1380. The van der Waals surface area contributed by atoms with E-state index in [-0.39, 0.29) is 5.91 Å². The number of anilines is 1. The van der Waals surface area contributed by atoms with E-state index in [2.05, 4.69) is 5.32 Å². The van der Waals surface area contributed by atoms with E-state index in [9.17, 15) is 4.79 Å². The Kier molecular flexibility index (Phi) is 4.00. The number of rotatable bonds is 3. The van der Waals surface area contributed by atoms with E-state index >= 15 is 0 Å². The summed E-state index contributed by atoms with van der Waals surface area (Å²) in [5.41, 5.74) is 3.25. The second-order valence-corrected chi connectivity index (χ2v) is 7.22. The number of aromatic nitrogens is 1. The highest BCUT2D eigenvalue weighted by Gasteiger charge is 2.21. The molecule has 0 saturated carbocycles. The molecule has 29 heavy (non-hydrogen) atoms. The lowest BCUT2D eigenvalue weighted by Crippen LogP contribution is -2.16. The number of nitrogens with zero attached hydrogens (tertiary/aromatic N) is 1. The molecule has 1 amide bonds. The summed E-state index contributed by atoms with van der Waals surface area (Å²) in [5.74, 6) is 0.231. The normalized spacial score (nSPS) is 11.4. The first-order valence-electron chi connectivity index (χ1n) is 9.12. The lowest BCUT2D eigenvalue weighted by molar-refractivity contribution is 0.101. The van der Waals surface area contributed by atoms with Crippen molar-refractivity contribution >= 4 is 56.0 Å². The quantitative estimate of drug-likeness (QED) is 0.401. The summed E-state index contributed by atoms with van der Waals surface area (Å²) in [6.07, 6.45) is 0. The van der Waals surface area contributed by atoms with Gasteiger partial charge in [-0.2, -0.15) is 0 Å². The van der Waals surface area contributed by atoms with Crippen LogP contribution in [0.3, 0.4) is 0 Å². The van der Waals surface area contributed by atoms with Crippen molar-refractivity contribution in [3.05, 3.63) is 71.4 Å². The molecule has 5 aromatic rings. The van der Waals surface area contributed by atoms with Crippen molar-refractivity contribution in [2.75, 3.05) is 12.4 Å². The lowest BCUT2D eigenvalue weighted by atomic mass is 10.1. The third-order valence-corrected chi connectivity index (χ3v) is 5.59. The number of amides is 1. The molecule has 0 radical (unpaired) electrons. The molecular formula is C23H17ClN2O3. The minimum absolute atomic E-state index is 0.317. The maximum atomic E-state index is 13.1. The number of fused-ring (bicyclic) bond motifs is 4. The third kappa shape index (κ3) is 2.66. The molecule has 0 aliphatic rings. The van der Waals surface area contributed by atoms with Crippen molar-refractivity contribution < 1.29 is 13.9 Å². The van der Waals surface area contributed by atoms with Crippen molar-refractivity contribution in [1.29, 1.82) is 0 Å². The molecule has 0 saturated heterocycles. The maximum absolute atomic E-state index is 13.1. The molecular weight excluding hydrogens is 388 g/mol. The molecule has 0 unspecified atom stereocenters. The van der Waals surface area contributed by atoms with Gasteiger partial charge in [-0.25, -0.2) is 0 Å². The topological polar surface area (TPSA) is 56.4 Å². The molecule has 6 heteroatoms. The number of carbonyl (C=O) groups excluding carboxylic acids is 1. The highest BCUT2D eigenvalue weighted by molar-refractivity contribution is 6.39. The van der Waals surface area contributed by atoms with Crippen LogP contribution in [-0.4, -0.2) is 17.6 Å². The van der Waals surface area contributed by atoms with E-state index in [1.165, 1.54) is 0 Å². The van der Waals surface area contributed by atoms with E-state index in [0.717, 1.165) is 27.3 Å². The fraction of sp³-hybridized carbons (Fsp3) is 0.0870. The van der Waals surface area contributed by atoms with Gasteiger partial charge in [-0.05, 0) is 18.2 Å². The molecule has 5 nitrogen and oxygen atoms in total. The molecule has 0 aliphatic carbocycles. The first-order chi connectivity index (χ1) is 14.1. The average molecular weight is 405 g/mol. The molecule has 5 rings (SSSR count). The van der Waals surface area contributed by atoms with Crippen LogP contribution in [0.25, 0.3) is 32.8 Å². The van der Waals surface area contributed by atoms with Crippen molar-refractivity contribution in [2.45, 2.75) is 0 Å². The number of para-hydroxylation sites is 2. The molecule has 0 spiro atoms. The predicted octanol–water partition coefficient (Wildman–Crippen LogP) is 5.99. The van der Waals surface area contributed by atoms with E-state index in [1.807, 2.05) is 61.6 Å². The zero-order valence-electron chi connectivity index (χ0n) is 15.8. The van der Waals surface area contributed by atoms with Gasteiger partial charge >= 0.3 is 0 Å². The molecule has 0 atom stereocenters. The number of hydrogen-bond donors (Lipinski definition) is 1. The van der Waals surface area contributed by atoms with Gasteiger partial charge in [0.15, 0.2) is 0 Å². The Balaban J connectivity index is 1.61. The molecule has 0 fully saturated rings. The Hall–Kier alpha value is -3.44. The fourth-order valence-corrected chi connectivity index (χ4v) is 4.17. The molecule has 144 valence electrons. The first-order valence-corrected chi connectivity index (χ1v) is 9.50. The molecule has 0 aliphatic heterocycles. The predicted molar refractivity (Wildman–Crippen MR) is 116 cm³/mol. The van der Waals surface area contributed by atoms with Gasteiger partial charge in [-0.15, -0.1) is 0 Å². The summed E-state index contributed by atoms with van der Waals surface area (Å²) in [6, 6.07) is 19.1. The van der Waals surface area contributed by atoms with Crippen LogP contribution in [0.15, 0.2) is 65.1 Å². The largest absolute Gasteiger partial charge is 0.495 e. The summed E-state index contributed by atoms with van der Waals surface area (Å²) in [5, 5.41) is 6.11. The van der Waals surface area contributed by atoms with Gasteiger partial charge in [-0.1, -0.05) is 48.0 Å². The van der Waals surface area contributed by atoms with Gasteiger partial charge in [0, 0.05) is 34.8 Å².